The van der Waals surface area contributed by atoms with Gasteiger partial charge in [-0.3, -0.25) is 14.6 Å². The zero-order chi connectivity index (χ0) is 15.8. The first kappa shape index (κ1) is 15.3. The monoisotopic (exact) mass is 298 g/mol. The van der Waals surface area contributed by atoms with Gasteiger partial charge < -0.3 is 10.1 Å². The summed E-state index contributed by atoms with van der Waals surface area (Å²) in [6.07, 6.45) is 3.25. The number of hydrogen-bond donors (Lipinski definition) is 1. The van der Waals surface area contributed by atoms with Gasteiger partial charge >= 0.3 is 0 Å². The van der Waals surface area contributed by atoms with Crippen LogP contribution in [0.25, 0.3) is 0 Å². The zero-order valence-electron chi connectivity index (χ0n) is 11.9. The van der Waals surface area contributed by atoms with Gasteiger partial charge in [0.25, 0.3) is 11.5 Å². The van der Waals surface area contributed by atoms with Crippen molar-refractivity contribution < 1.29 is 9.53 Å². The smallest absolute Gasteiger partial charge is 0.272 e. The Kier molecular flexibility index (Phi) is 5.26. The predicted molar refractivity (Wildman–Crippen MR) is 79.3 cm³/mol. The first-order valence-electron chi connectivity index (χ1n) is 6.48. The molecule has 0 fully saturated rings. The van der Waals surface area contributed by atoms with Crippen molar-refractivity contribution in [2.75, 3.05) is 13.2 Å². The average molecular weight is 298 g/mol. The molecule has 0 radical (unpaired) electrons. The highest BCUT2D eigenvalue weighted by Gasteiger charge is 2.06. The third kappa shape index (κ3) is 4.45. The molecule has 0 unspecified atom stereocenters. The molecule has 0 saturated heterocycles. The van der Waals surface area contributed by atoms with Crippen molar-refractivity contribution >= 4 is 5.91 Å². The van der Waals surface area contributed by atoms with E-state index in [2.05, 4.69) is 27.2 Å². The summed E-state index contributed by atoms with van der Waals surface area (Å²) in [6, 6.07) is 6.21. The van der Waals surface area contributed by atoms with Crippen molar-refractivity contribution in [2.24, 2.45) is 7.05 Å². The van der Waals surface area contributed by atoms with Crippen LogP contribution in [0.4, 0.5) is 0 Å². The Bertz CT molecular complexity index is 760. The minimum atomic E-state index is -0.391. The molecule has 112 valence electrons. The van der Waals surface area contributed by atoms with Gasteiger partial charge in [-0.05, 0) is 18.2 Å². The molecule has 7 heteroatoms. The molecule has 0 aromatic carbocycles. The third-order valence-corrected chi connectivity index (χ3v) is 2.60. The third-order valence-electron chi connectivity index (χ3n) is 2.60. The van der Waals surface area contributed by atoms with Crippen LogP contribution in [0.1, 0.15) is 10.5 Å². The van der Waals surface area contributed by atoms with Gasteiger partial charge in [-0.25, -0.2) is 4.68 Å². The van der Waals surface area contributed by atoms with Crippen LogP contribution in [0.2, 0.25) is 0 Å². The fourth-order valence-electron chi connectivity index (χ4n) is 1.50. The summed E-state index contributed by atoms with van der Waals surface area (Å²) in [5, 5.41) is 6.43. The Hall–Kier alpha value is -3.14. The summed E-state index contributed by atoms with van der Waals surface area (Å²) in [4.78, 5) is 26.8. The van der Waals surface area contributed by atoms with E-state index in [-0.39, 0.29) is 24.4 Å². The minimum Gasteiger partial charge on any atom is -0.479 e. The molecule has 0 aliphatic heterocycles. The largest absolute Gasteiger partial charge is 0.479 e. The molecule has 0 atom stereocenters. The van der Waals surface area contributed by atoms with Crippen molar-refractivity contribution in [3.8, 4) is 17.6 Å². The maximum Gasteiger partial charge on any atom is 0.272 e. The minimum absolute atomic E-state index is 0.163. The van der Waals surface area contributed by atoms with Crippen molar-refractivity contribution in [3.05, 3.63) is 52.7 Å². The van der Waals surface area contributed by atoms with E-state index >= 15 is 0 Å². The Labute approximate surface area is 127 Å². The standard InChI is InChI=1S/C15H14N4O3/c1-19-14(20)7-6-13(18-19)15(21)17-9-2-3-10-22-12-5-4-8-16-11-12/h4-8,11H,9-10H2,1H3,(H,17,21). The Morgan fingerprint density at radius 3 is 2.95 bits per heavy atom. The van der Waals surface area contributed by atoms with Crippen LogP contribution in [0, 0.1) is 11.8 Å². The molecule has 0 spiro atoms. The second kappa shape index (κ2) is 7.59. The normalized spacial score (nSPS) is 9.50. The number of nitrogens with zero attached hydrogens (tertiary/aromatic N) is 3. The summed E-state index contributed by atoms with van der Waals surface area (Å²) in [5.41, 5.74) is -0.112. The maximum atomic E-state index is 11.8. The van der Waals surface area contributed by atoms with Gasteiger partial charge in [0, 0.05) is 19.3 Å². The van der Waals surface area contributed by atoms with E-state index < -0.39 is 5.91 Å². The molecule has 1 amide bonds. The van der Waals surface area contributed by atoms with E-state index in [9.17, 15) is 9.59 Å². The number of hydrogen-bond acceptors (Lipinski definition) is 5. The van der Waals surface area contributed by atoms with Gasteiger partial charge in [0.15, 0.2) is 0 Å². The highest BCUT2D eigenvalue weighted by atomic mass is 16.5. The number of amides is 1. The van der Waals surface area contributed by atoms with Crippen molar-refractivity contribution in [2.45, 2.75) is 0 Å². The van der Waals surface area contributed by atoms with E-state index in [1.807, 2.05) is 0 Å². The summed E-state index contributed by atoms with van der Waals surface area (Å²) in [6.45, 7) is 0.374. The molecular weight excluding hydrogens is 284 g/mol. The van der Waals surface area contributed by atoms with Crippen molar-refractivity contribution in [3.63, 3.8) is 0 Å². The van der Waals surface area contributed by atoms with E-state index in [1.165, 1.54) is 19.2 Å². The molecule has 22 heavy (non-hydrogen) atoms. The second-order valence-electron chi connectivity index (χ2n) is 4.19. The van der Waals surface area contributed by atoms with Crippen LogP contribution in [0.5, 0.6) is 5.75 Å². The number of aryl methyl sites for hydroxylation is 1. The van der Waals surface area contributed by atoms with Crippen LogP contribution >= 0.6 is 0 Å². The summed E-state index contributed by atoms with van der Waals surface area (Å²) in [7, 11) is 1.48. The predicted octanol–water partition coefficient (Wildman–Crippen LogP) is -0.0125. The van der Waals surface area contributed by atoms with Crippen LogP contribution in [-0.4, -0.2) is 33.8 Å². The van der Waals surface area contributed by atoms with Crippen LogP contribution in [-0.2, 0) is 7.05 Å². The Balaban J connectivity index is 1.76. The highest BCUT2D eigenvalue weighted by molar-refractivity contribution is 5.92. The number of carbonyl (C=O) groups excluding carboxylic acids is 1. The lowest BCUT2D eigenvalue weighted by atomic mass is 10.3. The second-order valence-corrected chi connectivity index (χ2v) is 4.19. The zero-order valence-corrected chi connectivity index (χ0v) is 11.9. The molecule has 0 bridgehead atoms. The van der Waals surface area contributed by atoms with E-state index in [0.29, 0.717) is 5.75 Å². The summed E-state index contributed by atoms with van der Waals surface area (Å²) >= 11 is 0. The number of carbonyl (C=O) groups is 1. The maximum absolute atomic E-state index is 11.8. The van der Waals surface area contributed by atoms with Gasteiger partial charge in [-0.2, -0.15) is 5.10 Å². The summed E-state index contributed by atoms with van der Waals surface area (Å²) < 4.78 is 6.43. The Morgan fingerprint density at radius 1 is 1.36 bits per heavy atom. The molecule has 2 heterocycles. The number of rotatable bonds is 4. The molecule has 7 nitrogen and oxygen atoms in total. The summed E-state index contributed by atoms with van der Waals surface area (Å²) in [5.74, 6) is 5.77. The van der Waals surface area contributed by atoms with Crippen LogP contribution in [0.15, 0.2) is 41.5 Å². The molecule has 2 aromatic heterocycles. The highest BCUT2D eigenvalue weighted by Crippen LogP contribution is 2.04. The number of pyridine rings is 1. The lowest BCUT2D eigenvalue weighted by Gasteiger charge is -2.02. The van der Waals surface area contributed by atoms with E-state index in [0.717, 1.165) is 4.68 Å². The van der Waals surface area contributed by atoms with Crippen molar-refractivity contribution in [1.82, 2.24) is 20.1 Å². The molecular formula is C15H14N4O3. The molecule has 0 aliphatic carbocycles. The molecule has 0 saturated carbocycles. The average Bonchev–Trinajstić information content (AvgIpc) is 2.54. The van der Waals surface area contributed by atoms with Gasteiger partial charge in [0.1, 0.15) is 18.1 Å². The van der Waals surface area contributed by atoms with Crippen LogP contribution in [0.3, 0.4) is 0 Å². The SMILES string of the molecule is Cn1nc(C(=O)NCC#CCOc2cccnc2)ccc1=O. The first-order valence-corrected chi connectivity index (χ1v) is 6.48. The molecule has 1 N–H and O–H groups in total. The van der Waals surface area contributed by atoms with Gasteiger partial charge in [-0.15, -0.1) is 0 Å². The molecule has 2 rings (SSSR count). The van der Waals surface area contributed by atoms with Crippen LogP contribution < -0.4 is 15.6 Å². The fraction of sp³-hybridized carbons (Fsp3) is 0.200. The van der Waals surface area contributed by atoms with E-state index in [1.54, 1.807) is 24.5 Å². The lowest BCUT2D eigenvalue weighted by Crippen LogP contribution is -2.28. The van der Waals surface area contributed by atoms with Gasteiger partial charge in [0.2, 0.25) is 0 Å². The van der Waals surface area contributed by atoms with E-state index in [4.69, 9.17) is 4.74 Å². The first-order chi connectivity index (χ1) is 10.7. The molecule has 2 aromatic rings. The van der Waals surface area contributed by atoms with Gasteiger partial charge in [-0.1, -0.05) is 11.8 Å². The number of nitrogens with one attached hydrogen (secondary N) is 1. The topological polar surface area (TPSA) is 86.1 Å². The Morgan fingerprint density at radius 2 is 2.23 bits per heavy atom. The quantitative estimate of drug-likeness (QED) is 0.802. The lowest BCUT2D eigenvalue weighted by molar-refractivity contribution is 0.0951. The molecule has 0 aliphatic rings. The fourth-order valence-corrected chi connectivity index (χ4v) is 1.50. The number of ether oxygens (including phenoxy) is 1. The number of aromatic nitrogens is 3. The van der Waals surface area contributed by atoms with Crippen molar-refractivity contribution in [1.29, 1.82) is 0 Å². The van der Waals surface area contributed by atoms with Gasteiger partial charge in [0.05, 0.1) is 12.7 Å².